The molecule has 0 radical (unpaired) electrons. The van der Waals surface area contributed by atoms with Gasteiger partial charge < -0.3 is 9.16 Å². The van der Waals surface area contributed by atoms with Crippen LogP contribution in [0.3, 0.4) is 0 Å². The summed E-state index contributed by atoms with van der Waals surface area (Å²) in [5.41, 5.74) is 0. The first kappa shape index (κ1) is 37.7. The quantitative estimate of drug-likeness (QED) is 0.0343. The predicted molar refractivity (Wildman–Crippen MR) is 167 cm³/mol. The lowest BCUT2D eigenvalue weighted by Crippen LogP contribution is -2.43. The SMILES string of the molecule is C=CCOC(=O)CCCCCCCCCCCCCCCC(=O)CC(=O)CCC[C@@H](C)O[Si](C)(C)C(C)(C)C. The normalized spacial score (nSPS) is 12.8. The van der Waals surface area contributed by atoms with Crippen molar-refractivity contribution in [1.82, 2.24) is 0 Å². The van der Waals surface area contributed by atoms with Crippen LogP contribution in [0, 0.1) is 0 Å². The Labute approximate surface area is 242 Å². The van der Waals surface area contributed by atoms with Gasteiger partial charge in [0.25, 0.3) is 0 Å². The van der Waals surface area contributed by atoms with Crippen LogP contribution in [0.25, 0.3) is 0 Å². The number of rotatable bonds is 26. The lowest BCUT2D eigenvalue weighted by molar-refractivity contribution is -0.142. The number of carbonyl (C=O) groups is 3. The molecular formula is C33H62O5Si. The third-order valence-electron chi connectivity index (χ3n) is 7.96. The summed E-state index contributed by atoms with van der Waals surface area (Å²) in [5.74, 6) is 0.0813. The predicted octanol–water partition coefficient (Wildman–Crippen LogP) is 9.68. The van der Waals surface area contributed by atoms with Crippen molar-refractivity contribution < 1.29 is 23.5 Å². The Morgan fingerprint density at radius 3 is 1.56 bits per heavy atom. The Kier molecular flexibility index (Phi) is 21.7. The third-order valence-corrected chi connectivity index (χ3v) is 12.6. The van der Waals surface area contributed by atoms with Gasteiger partial charge in [0.2, 0.25) is 0 Å². The van der Waals surface area contributed by atoms with E-state index < -0.39 is 8.32 Å². The van der Waals surface area contributed by atoms with Crippen molar-refractivity contribution in [3.8, 4) is 0 Å². The molecule has 0 unspecified atom stereocenters. The van der Waals surface area contributed by atoms with Gasteiger partial charge in [-0.05, 0) is 50.7 Å². The van der Waals surface area contributed by atoms with E-state index in [9.17, 15) is 14.4 Å². The summed E-state index contributed by atoms with van der Waals surface area (Å²) in [6.07, 6.45) is 20.5. The smallest absolute Gasteiger partial charge is 0.306 e. The summed E-state index contributed by atoms with van der Waals surface area (Å²) in [4.78, 5) is 35.8. The maximum Gasteiger partial charge on any atom is 0.306 e. The van der Waals surface area contributed by atoms with Crippen LogP contribution in [-0.4, -0.2) is 38.6 Å². The number of ether oxygens (including phenoxy) is 1. The zero-order chi connectivity index (χ0) is 29.6. The molecule has 0 N–H and O–H groups in total. The van der Waals surface area contributed by atoms with Crippen LogP contribution in [-0.2, 0) is 23.5 Å². The fraction of sp³-hybridized carbons (Fsp3) is 0.848. The zero-order valence-electron chi connectivity index (χ0n) is 26.5. The van der Waals surface area contributed by atoms with Gasteiger partial charge in [0.1, 0.15) is 18.2 Å². The van der Waals surface area contributed by atoms with Crippen LogP contribution >= 0.6 is 0 Å². The topological polar surface area (TPSA) is 69.7 Å². The van der Waals surface area contributed by atoms with Crippen LogP contribution in [0.1, 0.15) is 150 Å². The van der Waals surface area contributed by atoms with Crippen molar-refractivity contribution in [1.29, 1.82) is 0 Å². The fourth-order valence-corrected chi connectivity index (χ4v) is 5.96. The van der Waals surface area contributed by atoms with E-state index in [4.69, 9.17) is 9.16 Å². The highest BCUT2D eigenvalue weighted by Gasteiger charge is 2.38. The summed E-state index contributed by atoms with van der Waals surface area (Å²) in [5, 5.41) is 0.191. The maximum atomic E-state index is 12.2. The standard InChI is InChI=1S/C33H62O5Si/c1-8-27-37-32(36)26-21-19-17-15-13-11-9-10-12-14-16-18-20-24-30(34)28-31(35)25-22-23-29(2)38-39(6,7)33(3,4)5/h8,29H,1,9-28H2,2-7H3/t29-/m1/s1. The molecule has 0 aromatic carbocycles. The average Bonchev–Trinajstić information content (AvgIpc) is 2.84. The highest BCUT2D eigenvalue weighted by atomic mass is 28.4. The van der Waals surface area contributed by atoms with E-state index in [1.807, 2.05) is 0 Å². The maximum absolute atomic E-state index is 12.2. The summed E-state index contributed by atoms with van der Waals surface area (Å²) in [7, 11) is -1.77. The molecule has 0 aromatic heterocycles. The average molecular weight is 567 g/mol. The van der Waals surface area contributed by atoms with Crippen molar-refractivity contribution in [2.75, 3.05) is 6.61 Å². The number of unbranched alkanes of at least 4 members (excludes halogenated alkanes) is 12. The molecule has 0 fully saturated rings. The Bertz CT molecular complexity index is 680. The van der Waals surface area contributed by atoms with Crippen LogP contribution in [0.4, 0.5) is 0 Å². The second kappa shape index (κ2) is 22.4. The lowest BCUT2D eigenvalue weighted by atomic mass is 10.0. The Balaban J connectivity index is 3.54. The molecule has 0 aliphatic heterocycles. The van der Waals surface area contributed by atoms with E-state index in [0.717, 1.165) is 38.5 Å². The fourth-order valence-electron chi connectivity index (χ4n) is 4.48. The number of hydrogen-bond donors (Lipinski definition) is 0. The number of ketones is 2. The molecule has 0 amide bonds. The number of hydrogen-bond acceptors (Lipinski definition) is 5. The first-order valence-corrected chi connectivity index (χ1v) is 18.8. The molecule has 0 spiro atoms. The molecule has 0 aliphatic rings. The Morgan fingerprint density at radius 1 is 0.718 bits per heavy atom. The summed E-state index contributed by atoms with van der Waals surface area (Å²) >= 11 is 0. The second-order valence-corrected chi connectivity index (χ2v) is 17.7. The molecule has 5 nitrogen and oxygen atoms in total. The Morgan fingerprint density at radius 2 is 1.13 bits per heavy atom. The van der Waals surface area contributed by atoms with Gasteiger partial charge in [-0.15, -0.1) is 0 Å². The largest absolute Gasteiger partial charge is 0.461 e. The summed E-state index contributed by atoms with van der Waals surface area (Å²) in [6.45, 7) is 17.2. The van der Waals surface area contributed by atoms with E-state index in [1.165, 1.54) is 57.8 Å². The van der Waals surface area contributed by atoms with E-state index in [1.54, 1.807) is 6.08 Å². The minimum atomic E-state index is -1.77. The molecule has 0 rings (SSSR count). The molecule has 0 saturated heterocycles. The summed E-state index contributed by atoms with van der Waals surface area (Å²) in [6, 6.07) is 0. The molecule has 1 atom stereocenters. The molecule has 228 valence electrons. The monoisotopic (exact) mass is 566 g/mol. The van der Waals surface area contributed by atoms with E-state index in [0.29, 0.717) is 25.9 Å². The lowest BCUT2D eigenvalue weighted by Gasteiger charge is -2.38. The number of esters is 1. The van der Waals surface area contributed by atoms with Gasteiger partial charge in [-0.1, -0.05) is 104 Å². The third kappa shape index (κ3) is 22.1. The first-order valence-electron chi connectivity index (χ1n) is 15.9. The Hall–Kier alpha value is -1.27. The van der Waals surface area contributed by atoms with Crippen molar-refractivity contribution in [3.05, 3.63) is 12.7 Å². The number of carbonyl (C=O) groups excluding carboxylic acids is 3. The van der Waals surface area contributed by atoms with Gasteiger partial charge in [0, 0.05) is 25.4 Å². The molecule has 0 aromatic rings. The van der Waals surface area contributed by atoms with Crippen LogP contribution in [0.15, 0.2) is 12.7 Å². The van der Waals surface area contributed by atoms with Crippen LogP contribution in [0.5, 0.6) is 0 Å². The van der Waals surface area contributed by atoms with Gasteiger partial charge in [-0.2, -0.15) is 0 Å². The van der Waals surface area contributed by atoms with Crippen molar-refractivity contribution in [2.24, 2.45) is 0 Å². The molecule has 0 heterocycles. The minimum Gasteiger partial charge on any atom is -0.461 e. The van der Waals surface area contributed by atoms with Crippen molar-refractivity contribution in [2.45, 2.75) is 174 Å². The highest BCUT2D eigenvalue weighted by molar-refractivity contribution is 6.74. The highest BCUT2D eigenvalue weighted by Crippen LogP contribution is 2.37. The molecular weight excluding hydrogens is 504 g/mol. The molecule has 39 heavy (non-hydrogen) atoms. The van der Waals surface area contributed by atoms with E-state index in [-0.39, 0.29) is 35.1 Å². The van der Waals surface area contributed by atoms with E-state index >= 15 is 0 Å². The van der Waals surface area contributed by atoms with Gasteiger partial charge >= 0.3 is 5.97 Å². The van der Waals surface area contributed by atoms with Crippen molar-refractivity contribution in [3.63, 3.8) is 0 Å². The van der Waals surface area contributed by atoms with Crippen LogP contribution in [0.2, 0.25) is 18.1 Å². The molecule has 0 aliphatic carbocycles. The van der Waals surface area contributed by atoms with Gasteiger partial charge in [0.05, 0.1) is 6.42 Å². The summed E-state index contributed by atoms with van der Waals surface area (Å²) < 4.78 is 11.3. The molecule has 6 heteroatoms. The van der Waals surface area contributed by atoms with E-state index in [2.05, 4.69) is 47.4 Å². The van der Waals surface area contributed by atoms with Gasteiger partial charge in [0.15, 0.2) is 8.32 Å². The zero-order valence-corrected chi connectivity index (χ0v) is 27.5. The van der Waals surface area contributed by atoms with Gasteiger partial charge in [-0.25, -0.2) is 0 Å². The number of Topliss-reactive ketones (excluding diaryl/α,β-unsaturated/α-hetero) is 2. The van der Waals surface area contributed by atoms with Gasteiger partial charge in [-0.3, -0.25) is 14.4 Å². The molecule has 0 bridgehead atoms. The molecule has 0 saturated carbocycles. The first-order chi connectivity index (χ1) is 18.4. The van der Waals surface area contributed by atoms with Crippen molar-refractivity contribution >= 4 is 25.9 Å². The minimum absolute atomic E-state index is 0.0866. The van der Waals surface area contributed by atoms with Crippen LogP contribution < -0.4 is 0 Å². The second-order valence-electron chi connectivity index (χ2n) is 12.9.